The molecular formula is C21H20FN3O2S. The van der Waals surface area contributed by atoms with Crippen LogP contribution in [-0.4, -0.2) is 39.6 Å². The summed E-state index contributed by atoms with van der Waals surface area (Å²) in [6.07, 6.45) is 1.41. The van der Waals surface area contributed by atoms with Crippen LogP contribution in [0.5, 0.6) is 0 Å². The Bertz CT molecular complexity index is 1140. The zero-order chi connectivity index (χ0) is 19.3. The molecule has 144 valence electrons. The van der Waals surface area contributed by atoms with E-state index in [-0.39, 0.29) is 9.79 Å². The molecule has 2 saturated heterocycles. The number of sulfone groups is 1. The molecule has 28 heavy (non-hydrogen) atoms. The Kier molecular flexibility index (Phi) is 4.10. The number of hydrogen-bond donors (Lipinski definition) is 1. The van der Waals surface area contributed by atoms with Crippen molar-refractivity contribution >= 4 is 26.4 Å². The van der Waals surface area contributed by atoms with Crippen LogP contribution in [0.1, 0.15) is 0 Å². The maximum absolute atomic E-state index is 13.1. The van der Waals surface area contributed by atoms with Gasteiger partial charge in [-0.15, -0.1) is 0 Å². The maximum Gasteiger partial charge on any atom is 0.208 e. The molecule has 5 rings (SSSR count). The summed E-state index contributed by atoms with van der Waals surface area (Å²) in [7, 11) is -3.74. The zero-order valence-electron chi connectivity index (χ0n) is 15.2. The molecule has 2 aliphatic heterocycles. The minimum Gasteiger partial charge on any atom is -0.369 e. The van der Waals surface area contributed by atoms with E-state index in [1.54, 1.807) is 6.07 Å². The molecule has 3 heterocycles. The molecule has 0 bridgehead atoms. The summed E-state index contributed by atoms with van der Waals surface area (Å²) in [6, 6.07) is 12.4. The first kappa shape index (κ1) is 17.6. The molecular weight excluding hydrogens is 377 g/mol. The fourth-order valence-corrected chi connectivity index (χ4v) is 5.57. The van der Waals surface area contributed by atoms with Crippen LogP contribution in [0.3, 0.4) is 0 Å². The molecule has 1 N–H and O–H groups in total. The number of pyridine rings is 1. The van der Waals surface area contributed by atoms with Crippen LogP contribution in [0.4, 0.5) is 10.1 Å². The number of benzene rings is 2. The summed E-state index contributed by atoms with van der Waals surface area (Å²) in [5.74, 6) is 0.854. The van der Waals surface area contributed by atoms with Gasteiger partial charge in [-0.1, -0.05) is 12.1 Å². The first-order valence-corrected chi connectivity index (χ1v) is 10.9. The van der Waals surface area contributed by atoms with E-state index >= 15 is 0 Å². The third kappa shape index (κ3) is 2.86. The maximum atomic E-state index is 13.1. The van der Waals surface area contributed by atoms with Crippen LogP contribution >= 0.6 is 0 Å². The molecule has 7 heteroatoms. The van der Waals surface area contributed by atoms with Gasteiger partial charge in [0.2, 0.25) is 9.84 Å². The second kappa shape index (κ2) is 6.53. The Morgan fingerprint density at radius 2 is 1.71 bits per heavy atom. The molecule has 0 radical (unpaired) electrons. The van der Waals surface area contributed by atoms with Gasteiger partial charge in [-0.3, -0.25) is 4.98 Å². The van der Waals surface area contributed by atoms with Crippen molar-refractivity contribution in [3.05, 3.63) is 60.5 Å². The average Bonchev–Trinajstić information content (AvgIpc) is 3.29. The predicted octanol–water partition coefficient (Wildman–Crippen LogP) is 2.86. The quantitative estimate of drug-likeness (QED) is 0.689. The number of aromatic nitrogens is 1. The summed E-state index contributed by atoms with van der Waals surface area (Å²) in [6.45, 7) is 4.10. The van der Waals surface area contributed by atoms with E-state index in [1.165, 1.54) is 18.3 Å². The molecule has 5 nitrogen and oxygen atoms in total. The van der Waals surface area contributed by atoms with E-state index in [9.17, 15) is 12.8 Å². The van der Waals surface area contributed by atoms with Crippen LogP contribution in [0.2, 0.25) is 0 Å². The van der Waals surface area contributed by atoms with E-state index in [0.717, 1.165) is 54.9 Å². The van der Waals surface area contributed by atoms with Gasteiger partial charge in [0.1, 0.15) is 5.82 Å². The minimum atomic E-state index is -3.74. The van der Waals surface area contributed by atoms with Gasteiger partial charge in [-0.25, -0.2) is 12.8 Å². The second-order valence-electron chi connectivity index (χ2n) is 7.56. The Hall–Kier alpha value is -2.51. The van der Waals surface area contributed by atoms with Crippen LogP contribution < -0.4 is 10.2 Å². The van der Waals surface area contributed by atoms with E-state index in [0.29, 0.717) is 11.8 Å². The van der Waals surface area contributed by atoms with Crippen LogP contribution in [0.15, 0.2) is 64.5 Å². The third-order valence-corrected chi connectivity index (χ3v) is 7.57. The number of para-hydroxylation sites is 1. The lowest BCUT2D eigenvalue weighted by Gasteiger charge is -2.21. The van der Waals surface area contributed by atoms with E-state index < -0.39 is 15.7 Å². The normalized spacial score (nSPS) is 22.0. The summed E-state index contributed by atoms with van der Waals surface area (Å²) in [5.41, 5.74) is 1.87. The lowest BCUT2D eigenvalue weighted by Crippen LogP contribution is -2.25. The van der Waals surface area contributed by atoms with Crippen molar-refractivity contribution in [1.29, 1.82) is 0 Å². The van der Waals surface area contributed by atoms with E-state index in [2.05, 4.69) is 21.3 Å². The highest BCUT2D eigenvalue weighted by molar-refractivity contribution is 7.91. The van der Waals surface area contributed by atoms with Crippen LogP contribution in [-0.2, 0) is 9.84 Å². The number of halogens is 1. The van der Waals surface area contributed by atoms with Gasteiger partial charge in [0, 0.05) is 37.8 Å². The van der Waals surface area contributed by atoms with Crippen molar-refractivity contribution in [3.8, 4) is 0 Å². The largest absolute Gasteiger partial charge is 0.369 e. The zero-order valence-corrected chi connectivity index (χ0v) is 16.0. The number of nitrogens with zero attached hydrogens (tertiary/aromatic N) is 2. The molecule has 1 aromatic heterocycles. The highest BCUT2D eigenvalue weighted by Gasteiger charge is 2.36. The van der Waals surface area contributed by atoms with Crippen molar-refractivity contribution in [3.63, 3.8) is 0 Å². The molecule has 2 aromatic carbocycles. The molecule has 2 fully saturated rings. The van der Waals surface area contributed by atoms with Crippen molar-refractivity contribution in [2.24, 2.45) is 11.8 Å². The van der Waals surface area contributed by atoms with Gasteiger partial charge < -0.3 is 10.2 Å². The molecule has 0 aliphatic carbocycles. The van der Waals surface area contributed by atoms with Crippen molar-refractivity contribution < 1.29 is 12.8 Å². The van der Waals surface area contributed by atoms with Gasteiger partial charge in [0.25, 0.3) is 0 Å². The predicted molar refractivity (Wildman–Crippen MR) is 106 cm³/mol. The van der Waals surface area contributed by atoms with E-state index in [4.69, 9.17) is 0 Å². The lowest BCUT2D eigenvalue weighted by atomic mass is 10.0. The van der Waals surface area contributed by atoms with Crippen molar-refractivity contribution in [2.45, 2.75) is 9.79 Å². The smallest absolute Gasteiger partial charge is 0.208 e. The lowest BCUT2D eigenvalue weighted by molar-refractivity contribution is 0.533. The SMILES string of the molecule is O=S(=O)(c1ccc(F)cc1)c1cnc2c(N3CC4CNCC4C3)cccc2c1. The number of nitrogens with one attached hydrogen (secondary N) is 1. The Labute approximate surface area is 163 Å². The second-order valence-corrected chi connectivity index (χ2v) is 9.51. The summed E-state index contributed by atoms with van der Waals surface area (Å²) in [4.78, 5) is 7.06. The van der Waals surface area contributed by atoms with Crippen molar-refractivity contribution in [1.82, 2.24) is 10.3 Å². The van der Waals surface area contributed by atoms with Gasteiger partial charge >= 0.3 is 0 Å². The van der Waals surface area contributed by atoms with Gasteiger partial charge in [-0.05, 0) is 48.2 Å². The van der Waals surface area contributed by atoms with Gasteiger partial charge in [0.05, 0.1) is 21.0 Å². The molecule has 0 saturated carbocycles. The fraction of sp³-hybridized carbons (Fsp3) is 0.286. The first-order chi connectivity index (χ1) is 13.5. The number of hydrogen-bond acceptors (Lipinski definition) is 5. The standard InChI is InChI=1S/C21H20FN3O2S/c22-17-4-6-18(7-5-17)28(26,27)19-8-14-2-1-3-20(21(14)24-11-19)25-12-15-9-23-10-16(15)13-25/h1-8,11,15-16,23H,9-10,12-13H2. The number of anilines is 1. The molecule has 2 aliphatic rings. The summed E-state index contributed by atoms with van der Waals surface area (Å²) in [5, 5.41) is 4.23. The number of fused-ring (bicyclic) bond motifs is 2. The Balaban J connectivity index is 1.53. The van der Waals surface area contributed by atoms with E-state index in [1.807, 2.05) is 12.1 Å². The Morgan fingerprint density at radius 1 is 1.00 bits per heavy atom. The minimum absolute atomic E-state index is 0.0612. The van der Waals surface area contributed by atoms with Gasteiger partial charge in [-0.2, -0.15) is 0 Å². The van der Waals surface area contributed by atoms with Crippen LogP contribution in [0.25, 0.3) is 10.9 Å². The highest BCUT2D eigenvalue weighted by atomic mass is 32.2. The molecule has 3 aromatic rings. The summed E-state index contributed by atoms with van der Waals surface area (Å²) >= 11 is 0. The topological polar surface area (TPSA) is 62.3 Å². The van der Waals surface area contributed by atoms with Crippen molar-refractivity contribution in [2.75, 3.05) is 31.1 Å². The number of rotatable bonds is 3. The third-order valence-electron chi connectivity index (χ3n) is 5.83. The molecule has 2 unspecified atom stereocenters. The molecule has 2 atom stereocenters. The van der Waals surface area contributed by atoms with Gasteiger partial charge in [0.15, 0.2) is 0 Å². The Morgan fingerprint density at radius 3 is 2.43 bits per heavy atom. The first-order valence-electron chi connectivity index (χ1n) is 9.37. The summed E-state index contributed by atoms with van der Waals surface area (Å²) < 4.78 is 38.9. The average molecular weight is 397 g/mol. The monoisotopic (exact) mass is 397 g/mol. The molecule has 0 spiro atoms. The fourth-order valence-electron chi connectivity index (χ4n) is 4.33. The highest BCUT2D eigenvalue weighted by Crippen LogP contribution is 2.34. The van der Waals surface area contributed by atoms with Crippen LogP contribution in [0, 0.1) is 17.7 Å². The molecule has 0 amide bonds.